The van der Waals surface area contributed by atoms with E-state index in [2.05, 4.69) is 20.3 Å². The van der Waals surface area contributed by atoms with E-state index in [0.717, 1.165) is 5.69 Å². The van der Waals surface area contributed by atoms with E-state index < -0.39 is 0 Å². The summed E-state index contributed by atoms with van der Waals surface area (Å²) in [4.78, 5) is 4.26. The quantitative estimate of drug-likeness (QED) is 0.826. The van der Waals surface area contributed by atoms with Crippen molar-refractivity contribution in [3.8, 4) is 11.5 Å². The Balaban J connectivity index is 2.17. The van der Waals surface area contributed by atoms with Crippen LogP contribution in [0.2, 0.25) is 0 Å². The van der Waals surface area contributed by atoms with Crippen LogP contribution in [0.5, 0.6) is 0 Å². The molecular weight excluding hydrogens is 232 g/mol. The molecule has 1 unspecified atom stereocenters. The standard InChI is InChI=1S/C12H16N4O2/c1-7(2)17-9(4)12-13-11(16-18-12)10-6-5-8(3)14-15-10/h5-7,9H,1-4H3. The van der Waals surface area contributed by atoms with E-state index in [4.69, 9.17) is 9.26 Å². The molecule has 2 aromatic heterocycles. The molecule has 96 valence electrons. The summed E-state index contributed by atoms with van der Waals surface area (Å²) in [6.07, 6.45) is -0.126. The van der Waals surface area contributed by atoms with Crippen molar-refractivity contribution in [3.63, 3.8) is 0 Å². The molecule has 0 aliphatic carbocycles. The number of ether oxygens (including phenoxy) is 1. The Morgan fingerprint density at radius 2 is 1.94 bits per heavy atom. The van der Waals surface area contributed by atoms with Gasteiger partial charge in [-0.1, -0.05) is 5.16 Å². The lowest BCUT2D eigenvalue weighted by molar-refractivity contribution is -0.0000499. The Morgan fingerprint density at radius 1 is 1.17 bits per heavy atom. The minimum absolute atomic E-state index is 0.106. The second-order valence-corrected chi connectivity index (χ2v) is 4.34. The summed E-state index contributed by atoms with van der Waals surface area (Å²) in [5.41, 5.74) is 1.44. The molecule has 2 heterocycles. The number of hydrogen-bond acceptors (Lipinski definition) is 6. The van der Waals surface area contributed by atoms with E-state index in [1.165, 1.54) is 0 Å². The number of nitrogens with zero attached hydrogens (tertiary/aromatic N) is 4. The summed E-state index contributed by atoms with van der Waals surface area (Å²) in [6, 6.07) is 3.66. The first-order chi connectivity index (χ1) is 8.56. The number of aryl methyl sites for hydroxylation is 1. The molecule has 2 aromatic rings. The van der Waals surface area contributed by atoms with Crippen molar-refractivity contribution in [1.82, 2.24) is 20.3 Å². The zero-order valence-electron chi connectivity index (χ0n) is 10.9. The molecule has 0 radical (unpaired) electrons. The van der Waals surface area contributed by atoms with Gasteiger partial charge in [-0.15, -0.1) is 5.10 Å². The lowest BCUT2D eigenvalue weighted by atomic mass is 10.3. The third-order valence-electron chi connectivity index (χ3n) is 2.29. The smallest absolute Gasteiger partial charge is 0.255 e. The zero-order valence-corrected chi connectivity index (χ0v) is 10.9. The maximum atomic E-state index is 5.57. The fraction of sp³-hybridized carbons (Fsp3) is 0.500. The molecule has 0 aromatic carbocycles. The molecule has 0 saturated heterocycles. The maximum absolute atomic E-state index is 5.57. The van der Waals surface area contributed by atoms with Crippen LogP contribution in [-0.4, -0.2) is 26.4 Å². The molecule has 0 spiro atoms. The topological polar surface area (TPSA) is 73.9 Å². The van der Waals surface area contributed by atoms with Crippen LogP contribution in [0.15, 0.2) is 16.7 Å². The molecule has 18 heavy (non-hydrogen) atoms. The van der Waals surface area contributed by atoms with E-state index in [1.807, 2.05) is 39.8 Å². The van der Waals surface area contributed by atoms with E-state index in [1.54, 1.807) is 0 Å². The van der Waals surface area contributed by atoms with Gasteiger partial charge in [0.05, 0.1) is 11.8 Å². The predicted octanol–water partition coefficient (Wildman–Crippen LogP) is 2.32. The highest BCUT2D eigenvalue weighted by atomic mass is 16.5. The first kappa shape index (κ1) is 12.6. The van der Waals surface area contributed by atoms with E-state index in [9.17, 15) is 0 Å². The van der Waals surface area contributed by atoms with Crippen LogP contribution in [0.25, 0.3) is 11.5 Å². The first-order valence-electron chi connectivity index (χ1n) is 5.86. The highest BCUT2D eigenvalue weighted by Crippen LogP contribution is 2.19. The van der Waals surface area contributed by atoms with E-state index in [-0.39, 0.29) is 12.2 Å². The van der Waals surface area contributed by atoms with Crippen molar-refractivity contribution in [2.24, 2.45) is 0 Å². The lowest BCUT2D eigenvalue weighted by Crippen LogP contribution is -2.07. The second kappa shape index (κ2) is 5.22. The van der Waals surface area contributed by atoms with Crippen LogP contribution in [0.1, 0.15) is 38.5 Å². The summed E-state index contributed by atoms with van der Waals surface area (Å²) >= 11 is 0. The van der Waals surface area contributed by atoms with Gasteiger partial charge in [-0.2, -0.15) is 10.1 Å². The summed E-state index contributed by atoms with van der Waals surface area (Å²) in [6.45, 7) is 7.66. The van der Waals surface area contributed by atoms with Crippen LogP contribution in [0.4, 0.5) is 0 Å². The molecule has 6 heteroatoms. The Labute approximate surface area is 105 Å². The number of rotatable bonds is 4. The largest absolute Gasteiger partial charge is 0.366 e. The average Bonchev–Trinajstić information content (AvgIpc) is 2.78. The normalized spacial score (nSPS) is 12.9. The van der Waals surface area contributed by atoms with Crippen LogP contribution >= 0.6 is 0 Å². The minimum atomic E-state index is -0.232. The lowest BCUT2D eigenvalue weighted by Gasteiger charge is -2.11. The second-order valence-electron chi connectivity index (χ2n) is 4.34. The van der Waals surface area contributed by atoms with Gasteiger partial charge in [0, 0.05) is 0 Å². The Bertz CT molecular complexity index is 507. The van der Waals surface area contributed by atoms with Gasteiger partial charge < -0.3 is 9.26 Å². The van der Waals surface area contributed by atoms with Crippen molar-refractivity contribution >= 4 is 0 Å². The average molecular weight is 248 g/mol. The van der Waals surface area contributed by atoms with Crippen LogP contribution in [0.3, 0.4) is 0 Å². The van der Waals surface area contributed by atoms with Crippen molar-refractivity contribution < 1.29 is 9.26 Å². The molecule has 0 fully saturated rings. The molecule has 2 rings (SSSR count). The van der Waals surface area contributed by atoms with Gasteiger partial charge in [0.2, 0.25) is 5.82 Å². The molecule has 0 amide bonds. The highest BCUT2D eigenvalue weighted by molar-refractivity contribution is 5.46. The molecular formula is C12H16N4O2. The van der Waals surface area contributed by atoms with Crippen molar-refractivity contribution in [1.29, 1.82) is 0 Å². The van der Waals surface area contributed by atoms with Gasteiger partial charge in [-0.05, 0) is 39.8 Å². The maximum Gasteiger partial charge on any atom is 0.255 e. The Morgan fingerprint density at radius 3 is 2.56 bits per heavy atom. The first-order valence-corrected chi connectivity index (χ1v) is 5.86. The minimum Gasteiger partial charge on any atom is -0.366 e. The van der Waals surface area contributed by atoms with Crippen molar-refractivity contribution in [3.05, 3.63) is 23.7 Å². The zero-order chi connectivity index (χ0) is 13.1. The van der Waals surface area contributed by atoms with Gasteiger partial charge in [-0.3, -0.25) is 0 Å². The molecule has 0 aliphatic rings. The monoisotopic (exact) mass is 248 g/mol. The summed E-state index contributed by atoms with van der Waals surface area (Å²) in [7, 11) is 0. The fourth-order valence-electron chi connectivity index (χ4n) is 1.49. The third kappa shape index (κ3) is 2.89. The van der Waals surface area contributed by atoms with Gasteiger partial charge in [0.1, 0.15) is 11.8 Å². The Hall–Kier alpha value is -1.82. The van der Waals surface area contributed by atoms with Gasteiger partial charge >= 0.3 is 0 Å². The Kier molecular flexibility index (Phi) is 3.66. The number of aromatic nitrogens is 4. The van der Waals surface area contributed by atoms with Crippen molar-refractivity contribution in [2.75, 3.05) is 0 Å². The van der Waals surface area contributed by atoms with Crippen molar-refractivity contribution in [2.45, 2.75) is 39.9 Å². The molecule has 6 nitrogen and oxygen atoms in total. The molecule has 0 aliphatic heterocycles. The van der Waals surface area contributed by atoms with Gasteiger partial charge in [0.15, 0.2) is 0 Å². The van der Waals surface area contributed by atoms with E-state index >= 15 is 0 Å². The predicted molar refractivity (Wildman–Crippen MR) is 64.7 cm³/mol. The molecule has 0 bridgehead atoms. The summed E-state index contributed by atoms with van der Waals surface area (Å²) in [5.74, 6) is 0.873. The molecule has 0 N–H and O–H groups in total. The SMILES string of the molecule is Cc1ccc(-c2noc(C(C)OC(C)C)n2)nn1. The summed E-state index contributed by atoms with van der Waals surface area (Å²) in [5, 5.41) is 11.8. The van der Waals surface area contributed by atoms with Gasteiger partial charge in [0.25, 0.3) is 5.89 Å². The highest BCUT2D eigenvalue weighted by Gasteiger charge is 2.17. The van der Waals surface area contributed by atoms with Crippen LogP contribution < -0.4 is 0 Å². The van der Waals surface area contributed by atoms with E-state index in [0.29, 0.717) is 17.4 Å². The third-order valence-corrected chi connectivity index (χ3v) is 2.29. The molecule has 0 saturated carbocycles. The number of hydrogen-bond donors (Lipinski definition) is 0. The van der Waals surface area contributed by atoms with Gasteiger partial charge in [-0.25, -0.2) is 0 Å². The molecule has 1 atom stereocenters. The fourth-order valence-corrected chi connectivity index (χ4v) is 1.49. The van der Waals surface area contributed by atoms with Crippen LogP contribution in [-0.2, 0) is 4.74 Å². The van der Waals surface area contributed by atoms with Crippen LogP contribution in [0, 0.1) is 6.92 Å². The summed E-state index contributed by atoms with van der Waals surface area (Å²) < 4.78 is 10.7.